The van der Waals surface area contributed by atoms with Crippen LogP contribution in [0.5, 0.6) is 0 Å². The number of nitrogens with zero attached hydrogens (tertiary/aromatic N) is 3. The smallest absolute Gasteiger partial charge is 0.200 e. The fourth-order valence-electron chi connectivity index (χ4n) is 2.37. The minimum Gasteiger partial charge on any atom is -0.374 e. The van der Waals surface area contributed by atoms with Gasteiger partial charge in [-0.05, 0) is 42.3 Å². The van der Waals surface area contributed by atoms with E-state index in [1.807, 2.05) is 37.3 Å². The number of aliphatic hydroxyl groups excluding tert-OH is 1. The maximum atomic E-state index is 11.3. The van der Waals surface area contributed by atoms with Crippen LogP contribution >= 0.6 is 0 Å². The summed E-state index contributed by atoms with van der Waals surface area (Å²) < 4.78 is 24.1. The van der Waals surface area contributed by atoms with E-state index in [1.54, 1.807) is 18.2 Å². The molecular formula is C16H15N3O3S. The van der Waals surface area contributed by atoms with Crippen molar-refractivity contribution in [3.05, 3.63) is 59.0 Å². The van der Waals surface area contributed by atoms with E-state index < -0.39 is 9.84 Å². The number of sulfone groups is 1. The van der Waals surface area contributed by atoms with Crippen LogP contribution in [0.3, 0.4) is 0 Å². The number of benzene rings is 2. The molecule has 118 valence electrons. The van der Waals surface area contributed by atoms with Crippen molar-refractivity contribution in [2.45, 2.75) is 18.6 Å². The van der Waals surface area contributed by atoms with Gasteiger partial charge in [0.05, 0.1) is 10.4 Å². The predicted molar refractivity (Wildman–Crippen MR) is 87.1 cm³/mol. The molecule has 1 aliphatic rings. The zero-order valence-electron chi connectivity index (χ0n) is 12.4. The largest absolute Gasteiger partial charge is 0.374 e. The van der Waals surface area contributed by atoms with Crippen LogP contribution in [0.4, 0.5) is 0 Å². The zero-order chi connectivity index (χ0) is 16.4. The Labute approximate surface area is 133 Å². The molecule has 1 N–H and O–H groups in total. The van der Waals surface area contributed by atoms with Crippen LogP contribution in [-0.2, 0) is 16.6 Å². The van der Waals surface area contributed by atoms with Gasteiger partial charge < -0.3 is 5.11 Å². The molecule has 4 rings (SSSR count). The summed E-state index contributed by atoms with van der Waals surface area (Å²) in [4.78, 5) is 0.433. The molecule has 0 radical (unpaired) electrons. The fourth-order valence-corrected chi connectivity index (χ4v) is 3.63. The number of aromatic nitrogens is 3. The topological polar surface area (TPSA) is 85.1 Å². The standard InChI is InChI=1S/C9H8O2S.C7H7N3O/c1-7-3-2-4-9-8(7)5-6-12(9,10)11;11-5-10-7-4-2-1-3-6(7)8-9-10/h2-6H,1H3;1-4,11H,5H2. The lowest BCUT2D eigenvalue weighted by atomic mass is 10.1. The summed E-state index contributed by atoms with van der Waals surface area (Å²) in [6.07, 6.45) is 1.65. The third-order valence-electron chi connectivity index (χ3n) is 3.56. The van der Waals surface area contributed by atoms with Gasteiger partial charge in [-0.1, -0.05) is 29.5 Å². The highest BCUT2D eigenvalue weighted by Crippen LogP contribution is 2.28. The van der Waals surface area contributed by atoms with Gasteiger partial charge in [0.2, 0.25) is 0 Å². The highest BCUT2D eigenvalue weighted by molar-refractivity contribution is 7.94. The summed E-state index contributed by atoms with van der Waals surface area (Å²) >= 11 is 0. The van der Waals surface area contributed by atoms with Gasteiger partial charge in [0.15, 0.2) is 9.84 Å². The lowest BCUT2D eigenvalue weighted by Crippen LogP contribution is -1.97. The molecule has 1 aliphatic heterocycles. The van der Waals surface area contributed by atoms with E-state index in [0.717, 1.165) is 22.2 Å². The third-order valence-corrected chi connectivity index (χ3v) is 5.02. The molecule has 7 heteroatoms. The van der Waals surface area contributed by atoms with Crippen molar-refractivity contribution in [2.24, 2.45) is 0 Å². The van der Waals surface area contributed by atoms with E-state index in [2.05, 4.69) is 10.3 Å². The van der Waals surface area contributed by atoms with Gasteiger partial charge in [0.25, 0.3) is 0 Å². The molecular weight excluding hydrogens is 314 g/mol. The van der Waals surface area contributed by atoms with Crippen LogP contribution < -0.4 is 0 Å². The van der Waals surface area contributed by atoms with Crippen molar-refractivity contribution in [1.29, 1.82) is 0 Å². The molecule has 0 bridgehead atoms. The molecule has 2 heterocycles. The Bertz CT molecular complexity index is 991. The van der Waals surface area contributed by atoms with Crippen LogP contribution in [0, 0.1) is 6.92 Å². The first kappa shape index (κ1) is 15.4. The average molecular weight is 329 g/mol. The number of aryl methyl sites for hydroxylation is 1. The van der Waals surface area contributed by atoms with Crippen molar-refractivity contribution in [3.8, 4) is 0 Å². The molecule has 6 nitrogen and oxygen atoms in total. The Kier molecular flexibility index (Phi) is 3.97. The predicted octanol–water partition coefficient (Wildman–Crippen LogP) is 2.13. The van der Waals surface area contributed by atoms with Crippen molar-refractivity contribution < 1.29 is 13.5 Å². The fraction of sp³-hybridized carbons (Fsp3) is 0.125. The molecule has 0 amide bonds. The van der Waals surface area contributed by atoms with E-state index in [1.165, 1.54) is 10.1 Å². The summed E-state index contributed by atoms with van der Waals surface area (Å²) in [6.45, 7) is 1.78. The monoisotopic (exact) mass is 329 g/mol. The lowest BCUT2D eigenvalue weighted by Gasteiger charge is -2.00. The van der Waals surface area contributed by atoms with E-state index in [-0.39, 0.29) is 6.73 Å². The van der Waals surface area contributed by atoms with Crippen molar-refractivity contribution >= 4 is 26.9 Å². The highest BCUT2D eigenvalue weighted by atomic mass is 32.2. The molecule has 1 aromatic heterocycles. The first-order valence-electron chi connectivity index (χ1n) is 6.95. The first-order valence-corrected chi connectivity index (χ1v) is 8.49. The second-order valence-electron chi connectivity index (χ2n) is 5.05. The Balaban J connectivity index is 0.000000136. The molecule has 0 saturated carbocycles. The minimum atomic E-state index is -3.11. The van der Waals surface area contributed by atoms with Crippen molar-refractivity contribution in [3.63, 3.8) is 0 Å². The summed E-state index contributed by atoms with van der Waals surface area (Å²) in [5.41, 5.74) is 3.50. The summed E-state index contributed by atoms with van der Waals surface area (Å²) in [5, 5.41) is 17.6. The molecule has 0 atom stereocenters. The number of para-hydroxylation sites is 1. The Hall–Kier alpha value is -2.51. The summed E-state index contributed by atoms with van der Waals surface area (Å²) in [5.74, 6) is 0. The van der Waals surface area contributed by atoms with Gasteiger partial charge in [-0.15, -0.1) is 5.10 Å². The quantitative estimate of drug-likeness (QED) is 0.739. The summed E-state index contributed by atoms with van der Waals surface area (Å²) in [6, 6.07) is 12.8. The van der Waals surface area contributed by atoms with Crippen molar-refractivity contribution in [2.75, 3.05) is 0 Å². The van der Waals surface area contributed by atoms with Gasteiger partial charge >= 0.3 is 0 Å². The molecule has 23 heavy (non-hydrogen) atoms. The van der Waals surface area contributed by atoms with Crippen LogP contribution in [-0.4, -0.2) is 28.5 Å². The molecule has 0 fully saturated rings. The molecule has 2 aromatic carbocycles. The number of hydrogen-bond acceptors (Lipinski definition) is 5. The number of hydrogen-bond donors (Lipinski definition) is 1. The van der Waals surface area contributed by atoms with Gasteiger partial charge in [-0.25, -0.2) is 13.1 Å². The number of aliphatic hydroxyl groups is 1. The molecule has 3 aromatic rings. The summed E-state index contributed by atoms with van der Waals surface area (Å²) in [7, 11) is -3.11. The Morgan fingerprint density at radius 1 is 1.13 bits per heavy atom. The first-order chi connectivity index (χ1) is 11.0. The van der Waals surface area contributed by atoms with E-state index >= 15 is 0 Å². The Morgan fingerprint density at radius 2 is 1.91 bits per heavy atom. The molecule has 0 aliphatic carbocycles. The van der Waals surface area contributed by atoms with Crippen molar-refractivity contribution in [1.82, 2.24) is 15.0 Å². The van der Waals surface area contributed by atoms with Gasteiger partial charge in [0, 0.05) is 5.41 Å². The normalized spacial score (nSPS) is 14.3. The Morgan fingerprint density at radius 3 is 2.65 bits per heavy atom. The third kappa shape index (κ3) is 2.88. The van der Waals surface area contributed by atoms with Crippen LogP contribution in [0.25, 0.3) is 17.1 Å². The molecule has 0 unspecified atom stereocenters. The SMILES string of the molecule is Cc1cccc2c1C=CS2(=O)=O.OCn1nnc2ccccc21. The minimum absolute atomic E-state index is 0.124. The number of fused-ring (bicyclic) bond motifs is 2. The average Bonchev–Trinajstić information content (AvgIpc) is 3.10. The second kappa shape index (κ2) is 5.94. The maximum Gasteiger partial charge on any atom is 0.200 e. The van der Waals surface area contributed by atoms with Crippen LogP contribution in [0.15, 0.2) is 52.8 Å². The molecule has 0 saturated heterocycles. The molecule has 0 spiro atoms. The van der Waals surface area contributed by atoms with Gasteiger partial charge in [0.1, 0.15) is 12.2 Å². The van der Waals surface area contributed by atoms with Gasteiger partial charge in [-0.3, -0.25) is 0 Å². The second-order valence-corrected chi connectivity index (χ2v) is 6.86. The zero-order valence-corrected chi connectivity index (χ0v) is 13.2. The maximum absolute atomic E-state index is 11.3. The van der Waals surface area contributed by atoms with Gasteiger partial charge in [-0.2, -0.15) is 0 Å². The number of rotatable bonds is 1. The van der Waals surface area contributed by atoms with Crippen LogP contribution in [0.1, 0.15) is 11.1 Å². The highest BCUT2D eigenvalue weighted by Gasteiger charge is 2.20. The van der Waals surface area contributed by atoms with Crippen LogP contribution in [0.2, 0.25) is 0 Å². The van der Waals surface area contributed by atoms with E-state index in [0.29, 0.717) is 4.90 Å². The lowest BCUT2D eigenvalue weighted by molar-refractivity contribution is 0.197. The van der Waals surface area contributed by atoms with E-state index in [9.17, 15) is 8.42 Å². The van der Waals surface area contributed by atoms with E-state index in [4.69, 9.17) is 5.11 Å².